The number of phenolic OH excluding ortho intramolecular Hbond substituents is 1. The zero-order valence-corrected chi connectivity index (χ0v) is 25.5. The lowest BCUT2D eigenvalue weighted by Crippen LogP contribution is -2.55. The number of phenols is 1. The van der Waals surface area contributed by atoms with Crippen molar-refractivity contribution in [3.63, 3.8) is 0 Å². The zero-order chi connectivity index (χ0) is 32.6. The lowest BCUT2D eigenvalue weighted by atomic mass is 9.93. The minimum Gasteiger partial charge on any atom is -0.508 e. The van der Waals surface area contributed by atoms with Crippen LogP contribution in [0.25, 0.3) is 32.9 Å². The monoisotopic (exact) mass is 647 g/mol. The highest BCUT2D eigenvalue weighted by molar-refractivity contribution is 6.02. The largest absolute Gasteiger partial charge is 0.508 e. The second-order valence-corrected chi connectivity index (χ2v) is 12.9. The molecule has 4 aromatic rings. The van der Waals surface area contributed by atoms with E-state index in [4.69, 9.17) is 4.74 Å². The third-order valence-corrected chi connectivity index (χ3v) is 10.2. The second kappa shape index (κ2) is 10.9. The van der Waals surface area contributed by atoms with Gasteiger partial charge in [-0.3, -0.25) is 30.3 Å². The van der Waals surface area contributed by atoms with Gasteiger partial charge in [0.05, 0.1) is 22.8 Å². The molecule has 4 aliphatic heterocycles. The first-order valence-corrected chi connectivity index (χ1v) is 15.8. The van der Waals surface area contributed by atoms with Gasteiger partial charge in [-0.05, 0) is 60.3 Å². The molecular weight excluding hydrogens is 615 g/mol. The van der Waals surface area contributed by atoms with Crippen LogP contribution in [0.15, 0.2) is 30.5 Å². The van der Waals surface area contributed by atoms with Gasteiger partial charge in [-0.15, -0.1) is 0 Å². The molecule has 0 spiro atoms. The molecule has 0 aliphatic carbocycles. The highest BCUT2D eigenvalue weighted by atomic mass is 19.1. The number of alkyl halides is 1. The number of hydrazine groups is 1. The standard InChI is InChI=1S/C33H32F3N7O4/c1-2-19-24(35)5-4-16-8-18(44)9-20(25(16)19)27-26(36)28-21(11-37-27)29(42-13-22-23(14-42)31(46)41-40-30(22)45)39-32(38-28)47-15-33-6-3-7-43(33)12-17(34)10-33/h4-5,8-9,11,17,22-23,44H,2-3,6-7,10,12-15H2,1H3,(H,40,45)(H,41,46)/t17-,22-,23?,33+/m1/s1. The van der Waals surface area contributed by atoms with Gasteiger partial charge in [-0.25, -0.2) is 13.2 Å². The number of carbonyl (C=O) groups excluding carboxylic acids is 2. The van der Waals surface area contributed by atoms with E-state index in [1.807, 2.05) is 0 Å². The van der Waals surface area contributed by atoms with Crippen molar-refractivity contribution >= 4 is 39.3 Å². The maximum absolute atomic E-state index is 16.8. The van der Waals surface area contributed by atoms with E-state index in [1.165, 1.54) is 30.5 Å². The van der Waals surface area contributed by atoms with E-state index >= 15 is 4.39 Å². The molecule has 244 valence electrons. The Morgan fingerprint density at radius 2 is 1.85 bits per heavy atom. The molecule has 2 aromatic carbocycles. The maximum atomic E-state index is 16.8. The first kappa shape index (κ1) is 29.7. The van der Waals surface area contributed by atoms with Crippen molar-refractivity contribution < 1.29 is 32.6 Å². The van der Waals surface area contributed by atoms with Crippen LogP contribution < -0.4 is 20.5 Å². The topological polar surface area (TPSA) is 133 Å². The summed E-state index contributed by atoms with van der Waals surface area (Å²) in [4.78, 5) is 42.6. The Labute approximate surface area is 267 Å². The molecule has 11 nitrogen and oxygen atoms in total. The molecule has 0 bridgehead atoms. The summed E-state index contributed by atoms with van der Waals surface area (Å²) in [5, 5.41) is 11.7. The van der Waals surface area contributed by atoms with Crippen LogP contribution in [0.4, 0.5) is 19.0 Å². The lowest BCUT2D eigenvalue weighted by molar-refractivity contribution is -0.140. The van der Waals surface area contributed by atoms with Crippen molar-refractivity contribution in [3.05, 3.63) is 47.7 Å². The molecule has 4 aliphatic rings. The smallest absolute Gasteiger partial charge is 0.319 e. The van der Waals surface area contributed by atoms with Gasteiger partial charge in [0.1, 0.15) is 41.4 Å². The highest BCUT2D eigenvalue weighted by Gasteiger charge is 2.50. The third kappa shape index (κ3) is 4.71. The van der Waals surface area contributed by atoms with Crippen LogP contribution in [0.2, 0.25) is 0 Å². The molecule has 47 heavy (non-hydrogen) atoms. The number of aromatic nitrogens is 3. The summed E-state index contributed by atoms with van der Waals surface area (Å²) in [5.74, 6) is -3.19. The summed E-state index contributed by atoms with van der Waals surface area (Å²) in [6.07, 6.45) is 2.71. The van der Waals surface area contributed by atoms with E-state index in [0.717, 1.165) is 19.4 Å². The molecule has 1 unspecified atom stereocenters. The number of nitrogens with zero attached hydrogens (tertiary/aromatic N) is 5. The minimum absolute atomic E-state index is 0.102. The Morgan fingerprint density at radius 1 is 1.09 bits per heavy atom. The number of fused-ring (bicyclic) bond motifs is 4. The van der Waals surface area contributed by atoms with E-state index in [2.05, 4.69) is 30.7 Å². The van der Waals surface area contributed by atoms with Gasteiger partial charge in [0.2, 0.25) is 11.8 Å². The number of pyridine rings is 1. The van der Waals surface area contributed by atoms with Crippen molar-refractivity contribution in [2.75, 3.05) is 37.7 Å². The summed E-state index contributed by atoms with van der Waals surface area (Å²) in [6, 6.07) is 5.53. The van der Waals surface area contributed by atoms with Gasteiger partial charge >= 0.3 is 6.01 Å². The fraction of sp³-hybridized carbons (Fsp3) is 0.424. The molecule has 6 heterocycles. The summed E-state index contributed by atoms with van der Waals surface area (Å²) in [7, 11) is 0. The molecule has 3 N–H and O–H groups in total. The van der Waals surface area contributed by atoms with E-state index < -0.39 is 35.2 Å². The van der Waals surface area contributed by atoms with Crippen molar-refractivity contribution in [3.8, 4) is 23.0 Å². The van der Waals surface area contributed by atoms with Crippen molar-refractivity contribution in [1.29, 1.82) is 0 Å². The van der Waals surface area contributed by atoms with Gasteiger partial charge in [-0.2, -0.15) is 9.97 Å². The summed E-state index contributed by atoms with van der Waals surface area (Å²) >= 11 is 0. The summed E-state index contributed by atoms with van der Waals surface area (Å²) in [6.45, 7) is 3.25. The first-order valence-electron chi connectivity index (χ1n) is 15.8. The minimum atomic E-state index is -0.974. The summed E-state index contributed by atoms with van der Waals surface area (Å²) < 4.78 is 52.4. The van der Waals surface area contributed by atoms with Crippen LogP contribution in [0.3, 0.4) is 0 Å². The number of amides is 2. The van der Waals surface area contributed by atoms with E-state index in [-0.39, 0.29) is 71.2 Å². The Morgan fingerprint density at radius 3 is 2.60 bits per heavy atom. The molecule has 0 radical (unpaired) electrons. The molecule has 8 rings (SSSR count). The number of carbonyl (C=O) groups is 2. The van der Waals surface area contributed by atoms with Gasteiger partial charge in [0.25, 0.3) is 0 Å². The van der Waals surface area contributed by atoms with Crippen LogP contribution in [-0.4, -0.2) is 81.3 Å². The molecule has 2 aromatic heterocycles. The van der Waals surface area contributed by atoms with E-state index in [0.29, 0.717) is 35.7 Å². The van der Waals surface area contributed by atoms with Gasteiger partial charge in [0, 0.05) is 37.8 Å². The Bertz CT molecular complexity index is 1950. The van der Waals surface area contributed by atoms with Crippen LogP contribution in [0, 0.1) is 23.5 Å². The Balaban J connectivity index is 1.27. The number of hydrogen-bond acceptors (Lipinski definition) is 9. The predicted octanol–water partition coefficient (Wildman–Crippen LogP) is 3.56. The molecule has 4 saturated heterocycles. The van der Waals surface area contributed by atoms with Crippen molar-refractivity contribution in [2.24, 2.45) is 11.8 Å². The Hall–Kier alpha value is -4.72. The predicted molar refractivity (Wildman–Crippen MR) is 165 cm³/mol. The fourth-order valence-electron chi connectivity index (χ4n) is 8.01. The van der Waals surface area contributed by atoms with Crippen LogP contribution >= 0.6 is 0 Å². The first-order chi connectivity index (χ1) is 22.7. The van der Waals surface area contributed by atoms with Gasteiger partial charge in [0.15, 0.2) is 5.82 Å². The van der Waals surface area contributed by atoms with Crippen LogP contribution in [-0.2, 0) is 16.0 Å². The average Bonchev–Trinajstić information content (AvgIpc) is 3.75. The number of aromatic hydroxyl groups is 1. The van der Waals surface area contributed by atoms with Crippen molar-refractivity contribution in [1.82, 2.24) is 30.7 Å². The fourth-order valence-corrected chi connectivity index (χ4v) is 8.01. The quantitative estimate of drug-likeness (QED) is 0.288. The summed E-state index contributed by atoms with van der Waals surface area (Å²) in [5.41, 5.74) is 4.52. The normalized spacial score (nSPS) is 25.7. The van der Waals surface area contributed by atoms with Crippen LogP contribution in [0.1, 0.15) is 31.7 Å². The SMILES string of the molecule is CCc1c(F)ccc2cc(O)cc(-c3ncc4c(N5CC6C(=O)NNC(=O)[C@@H]6C5)nc(OC[C@@]56CCCN5C[C@H](F)C6)nc4c3F)c12. The number of anilines is 1. The van der Waals surface area contributed by atoms with Gasteiger partial charge in [-0.1, -0.05) is 13.0 Å². The van der Waals surface area contributed by atoms with Crippen molar-refractivity contribution in [2.45, 2.75) is 44.3 Å². The lowest BCUT2D eigenvalue weighted by Gasteiger charge is -2.31. The molecular formula is C33H32F3N7O4. The average molecular weight is 648 g/mol. The van der Waals surface area contributed by atoms with Crippen LogP contribution in [0.5, 0.6) is 11.8 Å². The molecule has 4 atom stereocenters. The van der Waals surface area contributed by atoms with Gasteiger partial charge < -0.3 is 14.7 Å². The van der Waals surface area contributed by atoms with E-state index in [9.17, 15) is 23.5 Å². The number of ether oxygens (including phenoxy) is 1. The number of benzene rings is 2. The molecule has 2 amide bonds. The number of nitrogens with one attached hydrogen (secondary N) is 2. The Kier molecular flexibility index (Phi) is 6.90. The highest BCUT2D eigenvalue weighted by Crippen LogP contribution is 2.42. The zero-order valence-electron chi connectivity index (χ0n) is 25.5. The number of halogens is 3. The number of aryl methyl sites for hydroxylation is 1. The van der Waals surface area contributed by atoms with E-state index in [1.54, 1.807) is 11.8 Å². The molecule has 14 heteroatoms. The second-order valence-electron chi connectivity index (χ2n) is 12.9. The number of hydrogen-bond donors (Lipinski definition) is 3. The molecule has 4 fully saturated rings. The third-order valence-electron chi connectivity index (χ3n) is 10.2. The number of rotatable bonds is 6. The molecule has 0 saturated carbocycles. The maximum Gasteiger partial charge on any atom is 0.319 e.